The second-order valence-corrected chi connectivity index (χ2v) is 10.1. The smallest absolute Gasteiger partial charge is 0.230 e. The fourth-order valence-corrected chi connectivity index (χ4v) is 5.37. The van der Waals surface area contributed by atoms with E-state index in [0.29, 0.717) is 31.8 Å². The largest absolute Gasteiger partial charge is 0.352 e. The normalized spacial score (nSPS) is 26.4. The number of hydrogen-bond donors (Lipinski definition) is 2. The molecule has 1 aromatic rings. The van der Waals surface area contributed by atoms with Crippen LogP contribution in [-0.4, -0.2) is 56.6 Å². The van der Waals surface area contributed by atoms with Crippen LogP contribution in [0.3, 0.4) is 0 Å². The van der Waals surface area contributed by atoms with Gasteiger partial charge in [-0.2, -0.15) is 0 Å². The van der Waals surface area contributed by atoms with Crippen LogP contribution in [0.1, 0.15) is 38.7 Å². The Bertz CT molecular complexity index is 743. The van der Waals surface area contributed by atoms with Gasteiger partial charge in [-0.05, 0) is 50.8 Å². The highest BCUT2D eigenvalue weighted by Gasteiger charge is 2.45. The lowest BCUT2D eigenvalue weighted by Crippen LogP contribution is -2.57. The fraction of sp³-hybridized carbons (Fsp3) is 0.650. The lowest BCUT2D eigenvalue weighted by Gasteiger charge is -2.42. The third kappa shape index (κ3) is 4.20. The Hall–Kier alpha value is -1.44. The maximum absolute atomic E-state index is 13.5. The third-order valence-corrected chi connectivity index (χ3v) is 8.08. The molecule has 0 radical (unpaired) electrons. The first kappa shape index (κ1) is 20.3. The molecule has 2 heterocycles. The molecule has 2 aliphatic heterocycles. The molecular weight excluding hydrogens is 362 g/mol. The third-order valence-electron chi connectivity index (χ3n) is 6.20. The van der Waals surface area contributed by atoms with Gasteiger partial charge in [0.25, 0.3) is 0 Å². The van der Waals surface area contributed by atoms with Gasteiger partial charge in [0.2, 0.25) is 15.9 Å². The van der Waals surface area contributed by atoms with Gasteiger partial charge in [-0.25, -0.2) is 12.7 Å². The SMILES string of the molecule is CCS(=O)(=O)N1CCC(C(=O)NC2CCNCC2C)(c2ccccc2)CC1. The summed E-state index contributed by atoms with van der Waals surface area (Å²) >= 11 is 0. The Morgan fingerprint density at radius 3 is 2.52 bits per heavy atom. The Kier molecular flexibility index (Phi) is 6.23. The molecule has 1 amide bonds. The van der Waals surface area contributed by atoms with Crippen molar-refractivity contribution in [2.45, 2.75) is 44.6 Å². The van der Waals surface area contributed by atoms with E-state index in [1.165, 1.54) is 4.31 Å². The Balaban J connectivity index is 1.83. The summed E-state index contributed by atoms with van der Waals surface area (Å²) in [6, 6.07) is 10.0. The minimum Gasteiger partial charge on any atom is -0.352 e. The number of sulfonamides is 1. The van der Waals surface area contributed by atoms with E-state index in [1.807, 2.05) is 30.3 Å². The molecule has 150 valence electrons. The zero-order valence-electron chi connectivity index (χ0n) is 16.3. The molecule has 2 saturated heterocycles. The standard InChI is InChI=1S/C20H31N3O3S/c1-3-27(25,26)23-13-10-20(11-14-23,17-7-5-4-6-8-17)19(24)22-18-9-12-21-15-16(18)2/h4-8,16,18,21H,3,9-15H2,1-2H3,(H,22,24). The van der Waals surface area contributed by atoms with Crippen molar-refractivity contribution in [2.24, 2.45) is 5.92 Å². The van der Waals surface area contributed by atoms with Crippen molar-refractivity contribution in [3.8, 4) is 0 Å². The van der Waals surface area contributed by atoms with Crippen molar-refractivity contribution in [1.82, 2.24) is 14.9 Å². The summed E-state index contributed by atoms with van der Waals surface area (Å²) in [5.74, 6) is 0.529. The molecule has 3 rings (SSSR count). The van der Waals surface area contributed by atoms with Crippen LogP contribution in [0.2, 0.25) is 0 Å². The van der Waals surface area contributed by atoms with Crippen LogP contribution in [0.15, 0.2) is 30.3 Å². The highest BCUT2D eigenvalue weighted by molar-refractivity contribution is 7.89. The van der Waals surface area contributed by atoms with Crippen molar-refractivity contribution in [1.29, 1.82) is 0 Å². The summed E-state index contributed by atoms with van der Waals surface area (Å²) < 4.78 is 26.0. The predicted molar refractivity (Wildman–Crippen MR) is 107 cm³/mol. The molecule has 2 unspecified atom stereocenters. The summed E-state index contributed by atoms with van der Waals surface area (Å²) in [5.41, 5.74) is 0.323. The van der Waals surface area contributed by atoms with Gasteiger partial charge in [0.15, 0.2) is 0 Å². The number of amides is 1. The molecule has 2 aliphatic rings. The zero-order valence-corrected chi connectivity index (χ0v) is 17.1. The highest BCUT2D eigenvalue weighted by atomic mass is 32.2. The molecule has 2 N–H and O–H groups in total. The van der Waals surface area contributed by atoms with Crippen LogP contribution in [0.5, 0.6) is 0 Å². The monoisotopic (exact) mass is 393 g/mol. The second-order valence-electron chi connectivity index (χ2n) is 7.80. The number of rotatable bonds is 5. The maximum atomic E-state index is 13.5. The van der Waals surface area contributed by atoms with Crippen LogP contribution < -0.4 is 10.6 Å². The van der Waals surface area contributed by atoms with Crippen molar-refractivity contribution in [3.63, 3.8) is 0 Å². The highest BCUT2D eigenvalue weighted by Crippen LogP contribution is 2.37. The van der Waals surface area contributed by atoms with Crippen molar-refractivity contribution < 1.29 is 13.2 Å². The lowest BCUT2D eigenvalue weighted by molar-refractivity contribution is -0.129. The van der Waals surface area contributed by atoms with Gasteiger partial charge >= 0.3 is 0 Å². The number of carbonyl (C=O) groups is 1. The average molecular weight is 394 g/mol. The van der Waals surface area contributed by atoms with Crippen LogP contribution in [-0.2, 0) is 20.2 Å². The van der Waals surface area contributed by atoms with Gasteiger partial charge in [0.1, 0.15) is 0 Å². The molecule has 2 fully saturated rings. The predicted octanol–water partition coefficient (Wildman–Crippen LogP) is 1.48. The summed E-state index contributed by atoms with van der Waals surface area (Å²) in [6.07, 6.45) is 1.96. The van der Waals surface area contributed by atoms with Gasteiger partial charge < -0.3 is 10.6 Å². The molecule has 7 heteroatoms. The van der Waals surface area contributed by atoms with E-state index in [2.05, 4.69) is 17.6 Å². The molecule has 0 saturated carbocycles. The Labute approximate surface area is 162 Å². The van der Waals surface area contributed by atoms with E-state index in [-0.39, 0.29) is 17.7 Å². The Morgan fingerprint density at radius 1 is 1.26 bits per heavy atom. The Morgan fingerprint density at radius 2 is 1.93 bits per heavy atom. The number of hydrogen-bond acceptors (Lipinski definition) is 4. The molecule has 6 nitrogen and oxygen atoms in total. The van der Waals surface area contributed by atoms with Crippen LogP contribution >= 0.6 is 0 Å². The van der Waals surface area contributed by atoms with Gasteiger partial charge in [0, 0.05) is 19.1 Å². The minimum atomic E-state index is -3.22. The molecule has 0 spiro atoms. The van der Waals surface area contributed by atoms with Gasteiger partial charge in [0.05, 0.1) is 11.2 Å². The van der Waals surface area contributed by atoms with Crippen LogP contribution in [0, 0.1) is 5.92 Å². The van der Waals surface area contributed by atoms with Crippen molar-refractivity contribution >= 4 is 15.9 Å². The summed E-state index contributed by atoms with van der Waals surface area (Å²) in [4.78, 5) is 13.5. The number of nitrogens with one attached hydrogen (secondary N) is 2. The molecule has 0 aliphatic carbocycles. The van der Waals surface area contributed by atoms with E-state index in [4.69, 9.17) is 0 Å². The summed E-state index contributed by atoms with van der Waals surface area (Å²) in [6.45, 7) is 6.42. The van der Waals surface area contributed by atoms with Crippen molar-refractivity contribution in [2.75, 3.05) is 31.9 Å². The van der Waals surface area contributed by atoms with Crippen LogP contribution in [0.4, 0.5) is 0 Å². The first-order valence-electron chi connectivity index (χ1n) is 9.94. The second kappa shape index (κ2) is 8.29. The lowest BCUT2D eigenvalue weighted by atomic mass is 9.72. The van der Waals surface area contributed by atoms with Gasteiger partial charge in [-0.1, -0.05) is 37.3 Å². The first-order chi connectivity index (χ1) is 12.9. The molecule has 27 heavy (non-hydrogen) atoms. The van der Waals surface area contributed by atoms with E-state index in [9.17, 15) is 13.2 Å². The molecule has 2 atom stereocenters. The molecular formula is C20H31N3O3S. The van der Waals surface area contributed by atoms with E-state index in [1.54, 1.807) is 6.92 Å². The van der Waals surface area contributed by atoms with E-state index < -0.39 is 15.4 Å². The first-order valence-corrected chi connectivity index (χ1v) is 11.5. The van der Waals surface area contributed by atoms with Gasteiger partial charge in [-0.15, -0.1) is 0 Å². The fourth-order valence-electron chi connectivity index (χ4n) is 4.27. The number of nitrogens with zero attached hydrogens (tertiary/aromatic N) is 1. The minimum absolute atomic E-state index is 0.0426. The number of piperidine rings is 2. The average Bonchev–Trinajstić information content (AvgIpc) is 2.70. The van der Waals surface area contributed by atoms with Gasteiger partial charge in [-0.3, -0.25) is 4.79 Å². The topological polar surface area (TPSA) is 78.5 Å². The van der Waals surface area contributed by atoms with Crippen molar-refractivity contribution in [3.05, 3.63) is 35.9 Å². The molecule has 0 aromatic heterocycles. The quantitative estimate of drug-likeness (QED) is 0.794. The maximum Gasteiger partial charge on any atom is 0.230 e. The molecule has 1 aromatic carbocycles. The number of benzene rings is 1. The van der Waals surface area contributed by atoms with E-state index in [0.717, 1.165) is 25.1 Å². The molecule has 0 bridgehead atoms. The summed E-state index contributed by atoms with van der Waals surface area (Å²) in [7, 11) is -3.22. The van der Waals surface area contributed by atoms with Crippen LogP contribution in [0.25, 0.3) is 0 Å². The zero-order chi connectivity index (χ0) is 19.5. The summed E-state index contributed by atoms with van der Waals surface area (Å²) in [5, 5.41) is 6.66. The van der Waals surface area contributed by atoms with E-state index >= 15 is 0 Å². The number of carbonyl (C=O) groups excluding carboxylic acids is 1.